The quantitative estimate of drug-likeness (QED) is 0.757. The first kappa shape index (κ1) is 11.3. The van der Waals surface area contributed by atoms with Gasteiger partial charge in [-0.2, -0.15) is 0 Å². The van der Waals surface area contributed by atoms with Crippen LogP contribution in [0.4, 0.5) is 0 Å². The highest BCUT2D eigenvalue weighted by molar-refractivity contribution is 7.13. The van der Waals surface area contributed by atoms with E-state index in [9.17, 15) is 0 Å². The summed E-state index contributed by atoms with van der Waals surface area (Å²) < 4.78 is 0. The summed E-state index contributed by atoms with van der Waals surface area (Å²) in [4.78, 5) is 4.49. The molecule has 0 spiro atoms. The standard InChI is InChI=1S/C14H17NS/c1-3-4-5-12-6-8-13(9-7-12)14-15-11(2)10-16-14/h6-10H,3-5H2,1-2H3. The van der Waals surface area contributed by atoms with Crippen molar-refractivity contribution in [2.45, 2.75) is 33.1 Å². The van der Waals surface area contributed by atoms with E-state index in [1.807, 2.05) is 6.92 Å². The lowest BCUT2D eigenvalue weighted by atomic mass is 10.1. The Morgan fingerprint density at radius 2 is 1.94 bits per heavy atom. The predicted molar refractivity (Wildman–Crippen MR) is 70.9 cm³/mol. The van der Waals surface area contributed by atoms with E-state index in [1.54, 1.807) is 11.3 Å². The fourth-order valence-corrected chi connectivity index (χ4v) is 2.49. The van der Waals surface area contributed by atoms with Crippen LogP contribution in [0.3, 0.4) is 0 Å². The lowest BCUT2D eigenvalue weighted by Crippen LogP contribution is -1.84. The average molecular weight is 231 g/mol. The fourth-order valence-electron chi connectivity index (χ4n) is 1.68. The van der Waals surface area contributed by atoms with Gasteiger partial charge in [-0.1, -0.05) is 37.6 Å². The number of unbranched alkanes of at least 4 members (excludes halogenated alkanes) is 1. The van der Waals surface area contributed by atoms with Crippen LogP contribution >= 0.6 is 11.3 Å². The highest BCUT2D eigenvalue weighted by Crippen LogP contribution is 2.23. The van der Waals surface area contributed by atoms with Gasteiger partial charge in [0.15, 0.2) is 0 Å². The monoisotopic (exact) mass is 231 g/mol. The molecule has 0 amide bonds. The van der Waals surface area contributed by atoms with Crippen molar-refractivity contribution in [3.05, 3.63) is 40.9 Å². The Bertz CT molecular complexity index is 442. The predicted octanol–water partition coefficient (Wildman–Crippen LogP) is 4.46. The van der Waals surface area contributed by atoms with Gasteiger partial charge in [-0.3, -0.25) is 0 Å². The maximum Gasteiger partial charge on any atom is 0.123 e. The van der Waals surface area contributed by atoms with E-state index >= 15 is 0 Å². The van der Waals surface area contributed by atoms with Crippen molar-refractivity contribution in [1.82, 2.24) is 4.98 Å². The molecule has 1 nitrogen and oxygen atoms in total. The Balaban J connectivity index is 2.13. The summed E-state index contributed by atoms with van der Waals surface area (Å²) in [5, 5.41) is 3.22. The van der Waals surface area contributed by atoms with Crippen LogP contribution in [0.5, 0.6) is 0 Å². The first-order valence-electron chi connectivity index (χ1n) is 5.81. The Hall–Kier alpha value is -1.15. The molecule has 1 heterocycles. The molecule has 2 aromatic rings. The third-order valence-electron chi connectivity index (χ3n) is 2.64. The van der Waals surface area contributed by atoms with Crippen molar-refractivity contribution < 1.29 is 0 Å². The highest BCUT2D eigenvalue weighted by atomic mass is 32.1. The molecule has 2 rings (SSSR count). The van der Waals surface area contributed by atoms with Crippen LogP contribution < -0.4 is 0 Å². The Kier molecular flexibility index (Phi) is 3.73. The molecule has 0 radical (unpaired) electrons. The minimum atomic E-state index is 1.11. The second-order valence-electron chi connectivity index (χ2n) is 4.09. The van der Waals surface area contributed by atoms with E-state index in [2.05, 4.69) is 41.6 Å². The van der Waals surface area contributed by atoms with Crippen LogP contribution in [0.1, 0.15) is 31.0 Å². The second-order valence-corrected chi connectivity index (χ2v) is 4.95. The van der Waals surface area contributed by atoms with Gasteiger partial charge >= 0.3 is 0 Å². The van der Waals surface area contributed by atoms with E-state index < -0.39 is 0 Å². The zero-order chi connectivity index (χ0) is 11.4. The third-order valence-corrected chi connectivity index (χ3v) is 3.65. The van der Waals surface area contributed by atoms with Gasteiger partial charge in [0.2, 0.25) is 0 Å². The summed E-state index contributed by atoms with van der Waals surface area (Å²) >= 11 is 1.72. The Labute approximate surface area is 101 Å². The smallest absolute Gasteiger partial charge is 0.123 e. The summed E-state index contributed by atoms with van der Waals surface area (Å²) in [5.41, 5.74) is 3.77. The molecule has 1 aromatic heterocycles. The van der Waals surface area contributed by atoms with Crippen LogP contribution in [0.15, 0.2) is 29.6 Å². The maximum atomic E-state index is 4.49. The van der Waals surface area contributed by atoms with E-state index in [0.29, 0.717) is 0 Å². The number of hydrogen-bond acceptors (Lipinski definition) is 2. The second kappa shape index (κ2) is 5.26. The van der Waals surface area contributed by atoms with Crippen LogP contribution in [-0.4, -0.2) is 4.98 Å². The van der Waals surface area contributed by atoms with Crippen molar-refractivity contribution in [1.29, 1.82) is 0 Å². The minimum absolute atomic E-state index is 1.11. The lowest BCUT2D eigenvalue weighted by molar-refractivity contribution is 0.795. The van der Waals surface area contributed by atoms with Crippen molar-refractivity contribution in [3.63, 3.8) is 0 Å². The molecule has 1 aromatic carbocycles. The molecule has 0 saturated carbocycles. The van der Waals surface area contributed by atoms with Crippen molar-refractivity contribution >= 4 is 11.3 Å². The van der Waals surface area contributed by atoms with Gasteiger partial charge in [-0.15, -0.1) is 11.3 Å². The van der Waals surface area contributed by atoms with Gasteiger partial charge in [-0.05, 0) is 25.3 Å². The fraction of sp³-hybridized carbons (Fsp3) is 0.357. The third kappa shape index (κ3) is 2.70. The van der Waals surface area contributed by atoms with Gasteiger partial charge < -0.3 is 0 Å². The van der Waals surface area contributed by atoms with Crippen LogP contribution in [-0.2, 0) is 6.42 Å². The molecule has 0 aliphatic heterocycles. The van der Waals surface area contributed by atoms with Crippen LogP contribution in [0, 0.1) is 6.92 Å². The minimum Gasteiger partial charge on any atom is -0.241 e. The maximum absolute atomic E-state index is 4.49. The number of benzene rings is 1. The number of hydrogen-bond donors (Lipinski definition) is 0. The molecule has 0 saturated heterocycles. The van der Waals surface area contributed by atoms with Crippen molar-refractivity contribution in [2.24, 2.45) is 0 Å². The zero-order valence-electron chi connectivity index (χ0n) is 9.86. The summed E-state index contributed by atoms with van der Waals surface area (Å²) in [7, 11) is 0. The number of rotatable bonds is 4. The molecule has 0 unspecified atom stereocenters. The first-order valence-corrected chi connectivity index (χ1v) is 6.69. The van der Waals surface area contributed by atoms with Crippen molar-refractivity contribution in [2.75, 3.05) is 0 Å². The molecule has 16 heavy (non-hydrogen) atoms. The highest BCUT2D eigenvalue weighted by Gasteiger charge is 2.01. The molecule has 0 atom stereocenters. The Morgan fingerprint density at radius 3 is 2.50 bits per heavy atom. The summed E-state index contributed by atoms with van der Waals surface area (Å²) in [6.45, 7) is 4.27. The largest absolute Gasteiger partial charge is 0.241 e. The topological polar surface area (TPSA) is 12.9 Å². The van der Waals surface area contributed by atoms with E-state index in [4.69, 9.17) is 0 Å². The van der Waals surface area contributed by atoms with E-state index in [1.165, 1.54) is 30.4 Å². The van der Waals surface area contributed by atoms with E-state index in [-0.39, 0.29) is 0 Å². The van der Waals surface area contributed by atoms with Gasteiger partial charge in [0, 0.05) is 16.6 Å². The summed E-state index contributed by atoms with van der Waals surface area (Å²) in [6, 6.07) is 8.82. The Morgan fingerprint density at radius 1 is 1.19 bits per heavy atom. The average Bonchev–Trinajstić information content (AvgIpc) is 2.74. The molecule has 0 N–H and O–H groups in total. The molecule has 0 aliphatic carbocycles. The summed E-state index contributed by atoms with van der Waals surface area (Å²) in [5.74, 6) is 0. The molecule has 0 bridgehead atoms. The summed E-state index contributed by atoms with van der Waals surface area (Å²) in [6.07, 6.45) is 3.72. The van der Waals surface area contributed by atoms with Gasteiger partial charge in [-0.25, -0.2) is 4.98 Å². The molecule has 84 valence electrons. The normalized spacial score (nSPS) is 10.6. The van der Waals surface area contributed by atoms with Crippen LogP contribution in [0.2, 0.25) is 0 Å². The van der Waals surface area contributed by atoms with Gasteiger partial charge in [0.25, 0.3) is 0 Å². The molecule has 2 heteroatoms. The molecular weight excluding hydrogens is 214 g/mol. The zero-order valence-corrected chi connectivity index (χ0v) is 10.7. The first-order chi connectivity index (χ1) is 7.79. The number of aryl methyl sites for hydroxylation is 2. The van der Waals surface area contributed by atoms with E-state index in [0.717, 1.165) is 10.7 Å². The van der Waals surface area contributed by atoms with Crippen LogP contribution in [0.25, 0.3) is 10.6 Å². The SMILES string of the molecule is CCCCc1ccc(-c2nc(C)cs2)cc1. The van der Waals surface area contributed by atoms with Gasteiger partial charge in [0.05, 0.1) is 0 Å². The number of nitrogens with zero attached hydrogens (tertiary/aromatic N) is 1. The number of thiazole rings is 1. The lowest BCUT2D eigenvalue weighted by Gasteiger charge is -2.01. The molecule has 0 fully saturated rings. The molecular formula is C14H17NS. The molecule has 0 aliphatic rings. The number of aromatic nitrogens is 1. The van der Waals surface area contributed by atoms with Crippen molar-refractivity contribution in [3.8, 4) is 10.6 Å². The van der Waals surface area contributed by atoms with Gasteiger partial charge in [0.1, 0.15) is 5.01 Å².